The molecule has 0 bridgehead atoms. The van der Waals surface area contributed by atoms with Crippen molar-refractivity contribution in [1.29, 1.82) is 0 Å². The Hall–Kier alpha value is -2.21. The Morgan fingerprint density at radius 1 is 0.923 bits per heavy atom. The molecule has 1 atom stereocenters. The van der Waals surface area contributed by atoms with Crippen LogP contribution in [0.4, 0.5) is 0 Å². The minimum atomic E-state index is -1.88. The van der Waals surface area contributed by atoms with Crippen molar-refractivity contribution in [1.82, 2.24) is 0 Å². The fourth-order valence-corrected chi connectivity index (χ4v) is 2.72. The van der Waals surface area contributed by atoms with Crippen LogP contribution < -0.4 is 0 Å². The molecule has 0 spiro atoms. The molecule has 0 fully saturated rings. The third kappa shape index (κ3) is 5.95. The molecule has 0 saturated heterocycles. The molecule has 0 radical (unpaired) electrons. The Morgan fingerprint density at radius 2 is 1.46 bits per heavy atom. The maximum Gasteiger partial charge on any atom is 0.306 e. The molecule has 3 N–H and O–H groups in total. The molecule has 140 valence electrons. The number of carbonyl (C=O) groups excluding carboxylic acids is 1. The maximum atomic E-state index is 12.2. The zero-order valence-electron chi connectivity index (χ0n) is 14.8. The predicted molar refractivity (Wildman–Crippen MR) is 98.5 cm³/mol. The Morgan fingerprint density at radius 3 is 2.00 bits per heavy atom. The van der Waals surface area contributed by atoms with Crippen molar-refractivity contribution in [3.8, 4) is 0 Å². The van der Waals surface area contributed by atoms with Gasteiger partial charge in [0, 0.05) is 12.8 Å². The molecule has 0 aliphatic rings. The summed E-state index contributed by atoms with van der Waals surface area (Å²) in [6.45, 7) is -1.39. The van der Waals surface area contributed by atoms with E-state index in [4.69, 9.17) is 4.74 Å². The van der Waals surface area contributed by atoms with Gasteiger partial charge >= 0.3 is 5.97 Å². The second-order valence-corrected chi connectivity index (χ2v) is 6.43. The minimum Gasteiger partial charge on any atom is -0.459 e. The monoisotopic (exact) mass is 358 g/mol. The summed E-state index contributed by atoms with van der Waals surface area (Å²) in [6, 6.07) is 19.1. The van der Waals surface area contributed by atoms with Gasteiger partial charge in [0.1, 0.15) is 11.7 Å². The van der Waals surface area contributed by atoms with Crippen molar-refractivity contribution in [2.45, 2.75) is 37.4 Å². The highest BCUT2D eigenvalue weighted by molar-refractivity contribution is 5.69. The van der Waals surface area contributed by atoms with Crippen molar-refractivity contribution in [2.24, 2.45) is 0 Å². The van der Waals surface area contributed by atoms with Gasteiger partial charge < -0.3 is 20.1 Å². The van der Waals surface area contributed by atoms with Gasteiger partial charge in [0.05, 0.1) is 13.2 Å². The molecule has 2 aromatic carbocycles. The second kappa shape index (κ2) is 10.1. The zero-order chi connectivity index (χ0) is 18.8. The number of benzene rings is 2. The van der Waals surface area contributed by atoms with E-state index in [2.05, 4.69) is 0 Å². The number of aryl methyl sites for hydroxylation is 1. The van der Waals surface area contributed by atoms with Crippen LogP contribution in [0.25, 0.3) is 0 Å². The predicted octanol–water partition coefficient (Wildman–Crippen LogP) is 1.88. The van der Waals surface area contributed by atoms with E-state index in [0.29, 0.717) is 6.42 Å². The summed E-state index contributed by atoms with van der Waals surface area (Å²) < 4.78 is 5.43. The molecule has 0 aliphatic heterocycles. The number of hydrogen-bond donors (Lipinski definition) is 3. The third-order valence-electron chi connectivity index (χ3n) is 4.37. The minimum absolute atomic E-state index is 0.202. The molecule has 0 heterocycles. The summed E-state index contributed by atoms with van der Waals surface area (Å²) in [5.74, 6) is -0.456. The number of carbonyl (C=O) groups is 1. The van der Waals surface area contributed by atoms with Gasteiger partial charge in [0.2, 0.25) is 0 Å². The van der Waals surface area contributed by atoms with E-state index >= 15 is 0 Å². The van der Waals surface area contributed by atoms with Crippen molar-refractivity contribution in [3.05, 3.63) is 71.8 Å². The van der Waals surface area contributed by atoms with E-state index in [0.717, 1.165) is 17.5 Å². The molecule has 5 nitrogen and oxygen atoms in total. The molecule has 0 aromatic heterocycles. The number of esters is 1. The van der Waals surface area contributed by atoms with Gasteiger partial charge in [0.25, 0.3) is 0 Å². The van der Waals surface area contributed by atoms with E-state index in [-0.39, 0.29) is 12.8 Å². The first-order valence-electron chi connectivity index (χ1n) is 8.79. The van der Waals surface area contributed by atoms with Crippen molar-refractivity contribution < 1.29 is 24.9 Å². The van der Waals surface area contributed by atoms with Crippen LogP contribution in [0, 0.1) is 0 Å². The van der Waals surface area contributed by atoms with Crippen LogP contribution in [0.1, 0.15) is 24.0 Å². The first-order valence-corrected chi connectivity index (χ1v) is 8.79. The Bertz CT molecular complexity index is 653. The van der Waals surface area contributed by atoms with Crippen LogP contribution in [-0.2, 0) is 22.4 Å². The normalized spacial score (nSPS) is 12.6. The number of ether oxygens (including phenoxy) is 1. The number of hydrogen-bond acceptors (Lipinski definition) is 5. The molecular formula is C21H26O5. The van der Waals surface area contributed by atoms with Gasteiger partial charge in [-0.15, -0.1) is 0 Å². The molecule has 0 aliphatic carbocycles. The summed E-state index contributed by atoms with van der Waals surface area (Å²) in [4.78, 5) is 12.2. The molecular weight excluding hydrogens is 332 g/mol. The highest BCUT2D eigenvalue weighted by Gasteiger charge is 2.38. The Kier molecular flexibility index (Phi) is 7.78. The number of aliphatic hydroxyl groups is 3. The molecule has 26 heavy (non-hydrogen) atoms. The Balaban J connectivity index is 1.95. The largest absolute Gasteiger partial charge is 0.459 e. The first kappa shape index (κ1) is 20.1. The second-order valence-electron chi connectivity index (χ2n) is 6.43. The fraction of sp³-hybridized carbons (Fsp3) is 0.381. The summed E-state index contributed by atoms with van der Waals surface area (Å²) in [7, 11) is 0. The molecule has 0 saturated carbocycles. The van der Waals surface area contributed by atoms with Crippen molar-refractivity contribution >= 4 is 5.97 Å². The first-order chi connectivity index (χ1) is 12.6. The van der Waals surface area contributed by atoms with E-state index < -0.39 is 30.9 Å². The van der Waals surface area contributed by atoms with E-state index in [1.807, 2.05) is 60.7 Å². The standard InChI is InChI=1S/C21H26O5/c22-15-21(25,16-23)19(14-18-10-5-2-6-11-18)26-20(24)13-7-12-17-8-3-1-4-9-17/h1-6,8-11,19,22-23,25H,7,12-16H2. The average Bonchev–Trinajstić information content (AvgIpc) is 2.68. The lowest BCUT2D eigenvalue weighted by atomic mass is 9.92. The quantitative estimate of drug-likeness (QED) is 0.565. The van der Waals surface area contributed by atoms with Crippen LogP contribution in [-0.4, -0.2) is 46.2 Å². The summed E-state index contributed by atoms with van der Waals surface area (Å²) in [5, 5.41) is 29.4. The van der Waals surface area contributed by atoms with Gasteiger partial charge in [0.15, 0.2) is 0 Å². The molecule has 1 unspecified atom stereocenters. The topological polar surface area (TPSA) is 87.0 Å². The van der Waals surface area contributed by atoms with Gasteiger partial charge in [-0.25, -0.2) is 0 Å². The van der Waals surface area contributed by atoms with Crippen molar-refractivity contribution in [2.75, 3.05) is 13.2 Å². The van der Waals surface area contributed by atoms with Crippen molar-refractivity contribution in [3.63, 3.8) is 0 Å². The summed E-state index contributed by atoms with van der Waals surface area (Å²) in [5.41, 5.74) is 0.101. The smallest absolute Gasteiger partial charge is 0.306 e. The van der Waals surface area contributed by atoms with E-state index in [1.54, 1.807) is 0 Å². The number of rotatable bonds is 10. The van der Waals surface area contributed by atoms with E-state index in [9.17, 15) is 20.1 Å². The van der Waals surface area contributed by atoms with Gasteiger partial charge in [-0.05, 0) is 24.0 Å². The highest BCUT2D eigenvalue weighted by Crippen LogP contribution is 2.20. The summed E-state index contributed by atoms with van der Waals surface area (Å²) in [6.07, 6.45) is 0.765. The van der Waals surface area contributed by atoms with Crippen LogP contribution in [0.2, 0.25) is 0 Å². The lowest BCUT2D eigenvalue weighted by molar-refractivity contribution is -0.177. The van der Waals surface area contributed by atoms with Crippen LogP contribution in [0.3, 0.4) is 0 Å². The Labute approximate surface area is 153 Å². The number of aliphatic hydroxyl groups excluding tert-OH is 2. The molecule has 0 amide bonds. The summed E-state index contributed by atoms with van der Waals surface area (Å²) >= 11 is 0. The zero-order valence-corrected chi connectivity index (χ0v) is 14.8. The molecule has 5 heteroatoms. The molecule has 2 rings (SSSR count). The van der Waals surface area contributed by atoms with Gasteiger partial charge in [-0.3, -0.25) is 4.79 Å². The SMILES string of the molecule is O=C(CCCc1ccccc1)OC(Cc1ccccc1)C(O)(CO)CO. The van der Waals surface area contributed by atoms with Crippen LogP contribution in [0.15, 0.2) is 60.7 Å². The average molecular weight is 358 g/mol. The van der Waals surface area contributed by atoms with Gasteiger partial charge in [-0.1, -0.05) is 60.7 Å². The van der Waals surface area contributed by atoms with Crippen LogP contribution >= 0.6 is 0 Å². The molecule has 2 aromatic rings. The third-order valence-corrected chi connectivity index (χ3v) is 4.37. The highest BCUT2D eigenvalue weighted by atomic mass is 16.6. The lowest BCUT2D eigenvalue weighted by Crippen LogP contribution is -2.52. The fourth-order valence-electron chi connectivity index (χ4n) is 2.72. The lowest BCUT2D eigenvalue weighted by Gasteiger charge is -2.32. The maximum absolute atomic E-state index is 12.2. The van der Waals surface area contributed by atoms with Crippen LogP contribution in [0.5, 0.6) is 0 Å². The van der Waals surface area contributed by atoms with Gasteiger partial charge in [-0.2, -0.15) is 0 Å². The van der Waals surface area contributed by atoms with E-state index in [1.165, 1.54) is 0 Å².